The first kappa shape index (κ1) is 19.9. The number of fused-ring (bicyclic) bond motifs is 1. The van der Waals surface area contributed by atoms with E-state index < -0.39 is 0 Å². The molecule has 1 aromatic heterocycles. The van der Waals surface area contributed by atoms with E-state index in [1.807, 2.05) is 6.07 Å². The number of nitrogens with one attached hydrogen (secondary N) is 1. The molecule has 2 aromatic carbocycles. The number of halogens is 1. The van der Waals surface area contributed by atoms with Crippen molar-refractivity contribution in [3.05, 3.63) is 83.7 Å². The highest BCUT2D eigenvalue weighted by Crippen LogP contribution is 2.39. The molecule has 4 rings (SSSR count). The van der Waals surface area contributed by atoms with Crippen molar-refractivity contribution in [2.45, 2.75) is 12.5 Å². The Balaban J connectivity index is 1.43. The van der Waals surface area contributed by atoms with Gasteiger partial charge in [0.05, 0.1) is 12.1 Å². The predicted molar refractivity (Wildman–Crippen MR) is 115 cm³/mol. The number of aromatic nitrogens is 2. The Kier molecular flexibility index (Phi) is 5.95. The quantitative estimate of drug-likeness (QED) is 0.581. The average Bonchev–Trinajstić information content (AvgIpc) is 3.19. The van der Waals surface area contributed by atoms with Crippen LogP contribution in [-0.2, 0) is 6.42 Å². The number of amides is 1. The van der Waals surface area contributed by atoms with Crippen LogP contribution in [0.3, 0.4) is 0 Å². The number of hydrogen-bond acceptors (Lipinski definition) is 5. The minimum atomic E-state index is -0.204. The number of nitrogens with zero attached hydrogens (tertiary/aromatic N) is 2. The highest BCUT2D eigenvalue weighted by atomic mass is 35.5. The number of hydrogen-bond donors (Lipinski definition) is 1. The van der Waals surface area contributed by atoms with Gasteiger partial charge < -0.3 is 14.8 Å². The van der Waals surface area contributed by atoms with Crippen LogP contribution in [0.15, 0.2) is 67.5 Å². The summed E-state index contributed by atoms with van der Waals surface area (Å²) in [6.07, 6.45) is 5.44. The molecule has 0 saturated heterocycles. The Labute approximate surface area is 179 Å². The minimum Gasteiger partial charge on any atom is -0.490 e. The van der Waals surface area contributed by atoms with E-state index in [0.717, 1.165) is 11.1 Å². The zero-order valence-electron chi connectivity index (χ0n) is 16.2. The van der Waals surface area contributed by atoms with E-state index in [-0.39, 0.29) is 12.0 Å². The second-order valence-corrected chi connectivity index (χ2v) is 7.23. The highest BCUT2D eigenvalue weighted by molar-refractivity contribution is 6.31. The largest absolute Gasteiger partial charge is 0.490 e. The van der Waals surface area contributed by atoms with Crippen LogP contribution >= 0.6 is 11.6 Å². The van der Waals surface area contributed by atoms with Crippen molar-refractivity contribution < 1.29 is 14.3 Å². The van der Waals surface area contributed by atoms with Gasteiger partial charge in [0.1, 0.15) is 24.2 Å². The lowest BCUT2D eigenvalue weighted by molar-refractivity contribution is 0.0933. The molecule has 6 nitrogen and oxygen atoms in total. The second-order valence-electron chi connectivity index (χ2n) is 6.80. The fraction of sp³-hybridized carbons (Fsp3) is 0.174. The van der Waals surface area contributed by atoms with Crippen LogP contribution < -0.4 is 14.8 Å². The number of benzene rings is 2. The van der Waals surface area contributed by atoms with Gasteiger partial charge in [-0.25, -0.2) is 9.97 Å². The number of carbonyl (C=O) groups excluding carboxylic acids is 1. The molecule has 0 aliphatic carbocycles. The van der Waals surface area contributed by atoms with Crippen molar-refractivity contribution in [2.75, 3.05) is 13.2 Å². The lowest BCUT2D eigenvalue weighted by atomic mass is 10.1. The molecule has 0 spiro atoms. The molecular weight excluding hydrogens is 402 g/mol. The predicted octanol–water partition coefficient (Wildman–Crippen LogP) is 4.10. The Hall–Kier alpha value is -3.38. The van der Waals surface area contributed by atoms with Crippen LogP contribution in [0.4, 0.5) is 0 Å². The van der Waals surface area contributed by atoms with Crippen molar-refractivity contribution in [1.82, 2.24) is 15.3 Å². The van der Waals surface area contributed by atoms with Crippen molar-refractivity contribution in [3.8, 4) is 22.9 Å². The normalized spacial score (nSPS) is 14.5. The van der Waals surface area contributed by atoms with Crippen LogP contribution in [-0.4, -0.2) is 35.1 Å². The van der Waals surface area contributed by atoms with Crippen molar-refractivity contribution >= 4 is 17.5 Å². The Morgan fingerprint density at radius 2 is 2.10 bits per heavy atom. The minimum absolute atomic E-state index is 0.191. The van der Waals surface area contributed by atoms with E-state index in [1.165, 1.54) is 0 Å². The van der Waals surface area contributed by atoms with Crippen molar-refractivity contribution in [3.63, 3.8) is 0 Å². The summed E-state index contributed by atoms with van der Waals surface area (Å²) in [5.41, 5.74) is 2.25. The smallest absolute Gasteiger partial charge is 0.251 e. The third-order valence-electron chi connectivity index (χ3n) is 4.62. The molecule has 30 heavy (non-hydrogen) atoms. The van der Waals surface area contributed by atoms with E-state index in [4.69, 9.17) is 21.1 Å². The molecule has 0 bridgehead atoms. The number of ether oxygens (including phenoxy) is 2. The maximum absolute atomic E-state index is 12.6. The molecule has 7 heteroatoms. The molecule has 1 unspecified atom stereocenters. The first-order valence-electron chi connectivity index (χ1n) is 9.52. The molecule has 1 N–H and O–H groups in total. The Morgan fingerprint density at radius 3 is 2.90 bits per heavy atom. The van der Waals surface area contributed by atoms with Gasteiger partial charge in [-0.15, -0.1) is 0 Å². The molecule has 0 saturated carbocycles. The van der Waals surface area contributed by atoms with Gasteiger partial charge in [0.2, 0.25) is 0 Å². The van der Waals surface area contributed by atoms with Gasteiger partial charge in [0.25, 0.3) is 5.91 Å². The summed E-state index contributed by atoms with van der Waals surface area (Å²) in [7, 11) is 0. The molecule has 3 aromatic rings. The monoisotopic (exact) mass is 421 g/mol. The van der Waals surface area contributed by atoms with Crippen molar-refractivity contribution in [1.29, 1.82) is 0 Å². The van der Waals surface area contributed by atoms with Crippen LogP contribution in [0.2, 0.25) is 5.02 Å². The summed E-state index contributed by atoms with van der Waals surface area (Å²) in [6.45, 7) is 4.36. The number of rotatable bonds is 7. The van der Waals surface area contributed by atoms with E-state index in [0.29, 0.717) is 47.5 Å². The first-order valence-corrected chi connectivity index (χ1v) is 9.90. The van der Waals surface area contributed by atoms with Gasteiger partial charge in [-0.3, -0.25) is 4.79 Å². The maximum atomic E-state index is 12.6. The maximum Gasteiger partial charge on any atom is 0.251 e. The van der Waals surface area contributed by atoms with Crippen LogP contribution in [0.1, 0.15) is 15.9 Å². The summed E-state index contributed by atoms with van der Waals surface area (Å²) in [6, 6.07) is 12.5. The lowest BCUT2D eigenvalue weighted by Crippen LogP contribution is -2.34. The summed E-state index contributed by atoms with van der Waals surface area (Å²) in [5.74, 6) is 1.69. The van der Waals surface area contributed by atoms with E-state index in [1.54, 1.807) is 54.9 Å². The average molecular weight is 422 g/mol. The van der Waals surface area contributed by atoms with Crippen molar-refractivity contribution in [2.24, 2.45) is 0 Å². The molecule has 2 heterocycles. The van der Waals surface area contributed by atoms with Gasteiger partial charge in [-0.2, -0.15) is 0 Å². The highest BCUT2D eigenvalue weighted by Gasteiger charge is 2.28. The molecule has 1 amide bonds. The standard InChI is InChI=1S/C23H20ClN3O3/c1-2-9-29-18-6-3-5-15(11-18)23(28)27-14-19-12-16-10-17(24)13-20(21(16)30-19)22-25-7-4-8-26-22/h2-8,10-11,13,19H,1,9,12,14H2,(H,27,28). The molecule has 0 radical (unpaired) electrons. The van der Waals surface area contributed by atoms with Crippen LogP contribution in [0.5, 0.6) is 11.5 Å². The molecule has 152 valence electrons. The van der Waals surface area contributed by atoms with Gasteiger partial charge in [0.15, 0.2) is 5.82 Å². The summed E-state index contributed by atoms with van der Waals surface area (Å²) >= 11 is 6.29. The SMILES string of the molecule is C=CCOc1cccc(C(=O)NCC2Cc3cc(Cl)cc(-c4ncccn4)c3O2)c1. The van der Waals surface area contributed by atoms with Gasteiger partial charge in [0, 0.05) is 35.0 Å². The molecule has 1 aliphatic heterocycles. The van der Waals surface area contributed by atoms with Crippen LogP contribution in [0.25, 0.3) is 11.4 Å². The summed E-state index contributed by atoms with van der Waals surface area (Å²) < 4.78 is 11.6. The Morgan fingerprint density at radius 1 is 1.27 bits per heavy atom. The van der Waals surface area contributed by atoms with E-state index in [9.17, 15) is 4.79 Å². The third kappa shape index (κ3) is 4.44. The number of carbonyl (C=O) groups is 1. The zero-order valence-corrected chi connectivity index (χ0v) is 16.9. The van der Waals surface area contributed by atoms with Gasteiger partial charge >= 0.3 is 0 Å². The zero-order chi connectivity index (χ0) is 20.9. The lowest BCUT2D eigenvalue weighted by Gasteiger charge is -2.13. The molecule has 1 atom stereocenters. The van der Waals surface area contributed by atoms with Gasteiger partial charge in [-0.05, 0) is 36.4 Å². The molecular formula is C23H20ClN3O3. The third-order valence-corrected chi connectivity index (χ3v) is 4.84. The first-order chi connectivity index (χ1) is 14.6. The van der Waals surface area contributed by atoms with Gasteiger partial charge in [-0.1, -0.05) is 30.3 Å². The Bertz CT molecular complexity index is 1070. The van der Waals surface area contributed by atoms with E-state index >= 15 is 0 Å². The summed E-state index contributed by atoms with van der Waals surface area (Å²) in [5, 5.41) is 3.53. The van der Waals surface area contributed by atoms with Crippen LogP contribution in [0, 0.1) is 0 Å². The molecule has 1 aliphatic rings. The fourth-order valence-electron chi connectivity index (χ4n) is 3.30. The second kappa shape index (κ2) is 8.97. The topological polar surface area (TPSA) is 73.3 Å². The summed E-state index contributed by atoms with van der Waals surface area (Å²) in [4.78, 5) is 21.2. The molecule has 0 fully saturated rings. The fourth-order valence-corrected chi connectivity index (χ4v) is 3.54. The van der Waals surface area contributed by atoms with E-state index in [2.05, 4.69) is 21.9 Å².